The van der Waals surface area contributed by atoms with Crippen molar-refractivity contribution < 1.29 is 4.74 Å². The fourth-order valence-electron chi connectivity index (χ4n) is 3.74. The van der Waals surface area contributed by atoms with Gasteiger partial charge in [0.05, 0.1) is 6.10 Å². The van der Waals surface area contributed by atoms with Crippen LogP contribution in [0.25, 0.3) is 0 Å². The number of hydrogen-bond acceptors (Lipinski definition) is 2. The molecule has 100 valence electrons. The predicted octanol–water partition coefficient (Wildman–Crippen LogP) is 3.36. The van der Waals surface area contributed by atoms with Gasteiger partial charge in [-0.05, 0) is 50.5 Å². The average molecular weight is 239 g/mol. The molecule has 2 nitrogen and oxygen atoms in total. The van der Waals surface area contributed by atoms with Crippen molar-refractivity contribution in [1.29, 1.82) is 0 Å². The van der Waals surface area contributed by atoms with Gasteiger partial charge in [-0.15, -0.1) is 0 Å². The van der Waals surface area contributed by atoms with Gasteiger partial charge >= 0.3 is 0 Å². The van der Waals surface area contributed by atoms with Gasteiger partial charge in [0.25, 0.3) is 0 Å². The Morgan fingerprint density at radius 2 is 2.12 bits per heavy atom. The van der Waals surface area contributed by atoms with E-state index in [-0.39, 0.29) is 0 Å². The summed E-state index contributed by atoms with van der Waals surface area (Å²) in [6.07, 6.45) is 10.0. The standard InChI is InChI=1S/C15H29NO/c1-3-16-15(14-8-4-6-12(14)2)10-9-13-7-5-11-17-13/h12-16H,3-11H2,1-2H3. The highest BCUT2D eigenvalue weighted by Gasteiger charge is 2.30. The van der Waals surface area contributed by atoms with Gasteiger partial charge in [-0.1, -0.05) is 26.7 Å². The maximum Gasteiger partial charge on any atom is 0.0576 e. The molecule has 0 aromatic heterocycles. The summed E-state index contributed by atoms with van der Waals surface area (Å²) in [5.74, 6) is 1.83. The van der Waals surface area contributed by atoms with Gasteiger partial charge < -0.3 is 10.1 Å². The van der Waals surface area contributed by atoms with E-state index in [9.17, 15) is 0 Å². The summed E-state index contributed by atoms with van der Waals surface area (Å²) < 4.78 is 5.74. The van der Waals surface area contributed by atoms with E-state index in [4.69, 9.17) is 4.74 Å². The second-order valence-corrected chi connectivity index (χ2v) is 5.95. The van der Waals surface area contributed by atoms with Crippen LogP contribution in [0.15, 0.2) is 0 Å². The quantitative estimate of drug-likeness (QED) is 0.767. The maximum absolute atomic E-state index is 5.74. The summed E-state index contributed by atoms with van der Waals surface area (Å²) in [5.41, 5.74) is 0. The van der Waals surface area contributed by atoms with Crippen LogP contribution in [0.2, 0.25) is 0 Å². The predicted molar refractivity (Wildman–Crippen MR) is 72.2 cm³/mol. The van der Waals surface area contributed by atoms with Crippen molar-refractivity contribution in [2.24, 2.45) is 11.8 Å². The van der Waals surface area contributed by atoms with Crippen molar-refractivity contribution >= 4 is 0 Å². The first-order chi connectivity index (χ1) is 8.31. The summed E-state index contributed by atoms with van der Waals surface area (Å²) in [6, 6.07) is 0.738. The summed E-state index contributed by atoms with van der Waals surface area (Å²) in [4.78, 5) is 0. The highest BCUT2D eigenvalue weighted by atomic mass is 16.5. The van der Waals surface area contributed by atoms with E-state index in [1.54, 1.807) is 0 Å². The van der Waals surface area contributed by atoms with E-state index in [1.807, 2.05) is 0 Å². The summed E-state index contributed by atoms with van der Waals surface area (Å²) in [7, 11) is 0. The van der Waals surface area contributed by atoms with E-state index in [1.165, 1.54) is 44.9 Å². The topological polar surface area (TPSA) is 21.3 Å². The van der Waals surface area contributed by atoms with Crippen LogP contribution in [0.5, 0.6) is 0 Å². The molecule has 1 aliphatic heterocycles. The lowest BCUT2D eigenvalue weighted by molar-refractivity contribution is 0.0960. The van der Waals surface area contributed by atoms with Crippen LogP contribution < -0.4 is 5.32 Å². The van der Waals surface area contributed by atoms with Crippen LogP contribution in [-0.4, -0.2) is 25.3 Å². The highest BCUT2D eigenvalue weighted by Crippen LogP contribution is 2.35. The largest absolute Gasteiger partial charge is 0.378 e. The molecule has 1 saturated carbocycles. The summed E-state index contributed by atoms with van der Waals surface area (Å²) in [6.45, 7) is 6.78. The van der Waals surface area contributed by atoms with Crippen LogP contribution in [-0.2, 0) is 4.74 Å². The van der Waals surface area contributed by atoms with Crippen molar-refractivity contribution in [3.05, 3.63) is 0 Å². The Morgan fingerprint density at radius 3 is 2.71 bits per heavy atom. The molecular weight excluding hydrogens is 210 g/mol. The first-order valence-corrected chi connectivity index (χ1v) is 7.66. The van der Waals surface area contributed by atoms with E-state index in [0.29, 0.717) is 6.10 Å². The SMILES string of the molecule is CCNC(CCC1CCCO1)C1CCCC1C. The Hall–Kier alpha value is -0.0800. The lowest BCUT2D eigenvalue weighted by Gasteiger charge is -2.28. The van der Waals surface area contributed by atoms with E-state index in [2.05, 4.69) is 19.2 Å². The smallest absolute Gasteiger partial charge is 0.0576 e. The first-order valence-electron chi connectivity index (χ1n) is 7.66. The number of ether oxygens (including phenoxy) is 1. The van der Waals surface area contributed by atoms with Gasteiger partial charge in [0.1, 0.15) is 0 Å². The molecule has 1 N–H and O–H groups in total. The average Bonchev–Trinajstić information content (AvgIpc) is 2.95. The number of hydrogen-bond donors (Lipinski definition) is 1. The fraction of sp³-hybridized carbons (Fsp3) is 1.00. The molecule has 17 heavy (non-hydrogen) atoms. The van der Waals surface area contributed by atoms with E-state index < -0.39 is 0 Å². The molecule has 0 bridgehead atoms. The van der Waals surface area contributed by atoms with Crippen molar-refractivity contribution in [2.45, 2.75) is 70.9 Å². The minimum absolute atomic E-state index is 0.563. The molecule has 0 amide bonds. The Balaban J connectivity index is 1.78. The van der Waals surface area contributed by atoms with Crippen LogP contribution in [0.3, 0.4) is 0 Å². The monoisotopic (exact) mass is 239 g/mol. The zero-order valence-electron chi connectivity index (χ0n) is 11.6. The summed E-state index contributed by atoms with van der Waals surface area (Å²) >= 11 is 0. The van der Waals surface area contributed by atoms with E-state index >= 15 is 0 Å². The van der Waals surface area contributed by atoms with Crippen molar-refractivity contribution in [3.8, 4) is 0 Å². The molecule has 1 saturated heterocycles. The summed E-state index contributed by atoms with van der Waals surface area (Å²) in [5, 5.41) is 3.72. The molecule has 0 spiro atoms. The molecule has 0 radical (unpaired) electrons. The molecular formula is C15H29NO. The second-order valence-electron chi connectivity index (χ2n) is 5.95. The molecule has 1 aliphatic carbocycles. The minimum atomic E-state index is 0.563. The van der Waals surface area contributed by atoms with E-state index in [0.717, 1.165) is 31.0 Å². The zero-order chi connectivity index (χ0) is 12.1. The second kappa shape index (κ2) is 6.75. The van der Waals surface area contributed by atoms with Gasteiger partial charge in [0.15, 0.2) is 0 Å². The van der Waals surface area contributed by atoms with Crippen LogP contribution in [0.4, 0.5) is 0 Å². The van der Waals surface area contributed by atoms with Crippen LogP contribution in [0.1, 0.15) is 58.8 Å². The molecule has 4 atom stereocenters. The molecule has 2 rings (SSSR count). The normalized spacial score (nSPS) is 35.3. The van der Waals surface area contributed by atoms with Gasteiger partial charge in [0.2, 0.25) is 0 Å². The Bertz CT molecular complexity index is 213. The molecule has 4 unspecified atom stereocenters. The Morgan fingerprint density at radius 1 is 1.24 bits per heavy atom. The van der Waals surface area contributed by atoms with Crippen LogP contribution in [0, 0.1) is 11.8 Å². The Kier molecular flexibility index (Phi) is 5.30. The molecule has 0 aromatic rings. The molecule has 2 aliphatic rings. The third kappa shape index (κ3) is 3.69. The number of nitrogens with one attached hydrogen (secondary N) is 1. The fourth-order valence-corrected chi connectivity index (χ4v) is 3.74. The van der Waals surface area contributed by atoms with Gasteiger partial charge in [-0.2, -0.15) is 0 Å². The lowest BCUT2D eigenvalue weighted by atomic mass is 9.86. The van der Waals surface area contributed by atoms with Crippen LogP contribution >= 0.6 is 0 Å². The third-order valence-electron chi connectivity index (χ3n) is 4.73. The molecule has 0 aromatic carbocycles. The maximum atomic E-state index is 5.74. The lowest BCUT2D eigenvalue weighted by Crippen LogP contribution is -2.38. The third-order valence-corrected chi connectivity index (χ3v) is 4.73. The highest BCUT2D eigenvalue weighted by molar-refractivity contribution is 4.85. The van der Waals surface area contributed by atoms with Gasteiger partial charge in [-0.25, -0.2) is 0 Å². The molecule has 2 fully saturated rings. The molecule has 1 heterocycles. The minimum Gasteiger partial charge on any atom is -0.378 e. The zero-order valence-corrected chi connectivity index (χ0v) is 11.6. The van der Waals surface area contributed by atoms with Gasteiger partial charge in [0, 0.05) is 12.6 Å². The van der Waals surface area contributed by atoms with Crippen molar-refractivity contribution in [2.75, 3.05) is 13.2 Å². The first kappa shape index (κ1) is 13.4. The molecule has 2 heteroatoms. The number of rotatable bonds is 6. The Labute approximate surface area is 107 Å². The van der Waals surface area contributed by atoms with Crippen molar-refractivity contribution in [1.82, 2.24) is 5.32 Å². The van der Waals surface area contributed by atoms with Crippen molar-refractivity contribution in [3.63, 3.8) is 0 Å². The van der Waals surface area contributed by atoms with Gasteiger partial charge in [-0.3, -0.25) is 0 Å².